The number of pyridine rings is 1. The molecule has 1 aromatic heterocycles. The zero-order chi connectivity index (χ0) is 25.3. The molecule has 3 aromatic carbocycles. The molecule has 4 rings (SSSR count). The zero-order valence-electron chi connectivity index (χ0n) is 20.4. The van der Waals surface area contributed by atoms with Gasteiger partial charge in [0.15, 0.2) is 0 Å². The first-order valence-corrected chi connectivity index (χ1v) is 13.3. The molecule has 1 unspecified atom stereocenters. The van der Waals surface area contributed by atoms with Crippen LogP contribution in [-0.2, 0) is 28.5 Å². The van der Waals surface area contributed by atoms with Crippen LogP contribution in [0.1, 0.15) is 35.1 Å². The number of benzene rings is 3. The van der Waals surface area contributed by atoms with Crippen LogP contribution in [0.4, 0.5) is 4.39 Å². The average molecular weight is 506 g/mol. The van der Waals surface area contributed by atoms with Gasteiger partial charge in [0.05, 0.1) is 5.52 Å². The van der Waals surface area contributed by atoms with E-state index in [1.165, 1.54) is 11.1 Å². The Labute approximate surface area is 212 Å². The molecule has 0 saturated heterocycles. The van der Waals surface area contributed by atoms with Crippen LogP contribution in [0.2, 0.25) is 0 Å². The van der Waals surface area contributed by atoms with Crippen LogP contribution in [0.3, 0.4) is 0 Å². The van der Waals surface area contributed by atoms with Crippen LogP contribution in [0, 0.1) is 12.7 Å². The Morgan fingerprint density at radius 1 is 1.00 bits per heavy atom. The molecule has 0 aliphatic carbocycles. The lowest BCUT2D eigenvalue weighted by Crippen LogP contribution is -2.16. The summed E-state index contributed by atoms with van der Waals surface area (Å²) < 4.78 is 30.3. The van der Waals surface area contributed by atoms with E-state index in [-0.39, 0.29) is 12.4 Å². The summed E-state index contributed by atoms with van der Waals surface area (Å²) in [5, 5.41) is 4.30. The molecule has 0 bridgehead atoms. The maximum atomic E-state index is 15.1. The minimum Gasteiger partial charge on any atom is -0.313 e. The smallest absolute Gasteiger partial charge is 0.313 e. The van der Waals surface area contributed by atoms with Crippen LogP contribution in [0.25, 0.3) is 22.0 Å². The van der Waals surface area contributed by atoms with Gasteiger partial charge >= 0.3 is 8.25 Å². The van der Waals surface area contributed by atoms with Gasteiger partial charge in [0, 0.05) is 22.7 Å². The van der Waals surface area contributed by atoms with Crippen molar-refractivity contribution < 1.29 is 18.4 Å². The number of aryl methyl sites for hydroxylation is 3. The molecule has 1 atom stereocenters. The van der Waals surface area contributed by atoms with Crippen molar-refractivity contribution in [1.82, 2.24) is 10.3 Å². The molecule has 186 valence electrons. The fourth-order valence-corrected chi connectivity index (χ4v) is 4.74. The number of rotatable bonds is 12. The lowest BCUT2D eigenvalue weighted by atomic mass is 9.95. The highest BCUT2D eigenvalue weighted by molar-refractivity contribution is 7.32. The first kappa shape index (κ1) is 26.1. The lowest BCUT2D eigenvalue weighted by Gasteiger charge is -2.13. The van der Waals surface area contributed by atoms with Gasteiger partial charge in [0.25, 0.3) is 0 Å². The van der Waals surface area contributed by atoms with Crippen molar-refractivity contribution in [3.63, 3.8) is 0 Å². The molecule has 0 fully saturated rings. The Hall–Kier alpha value is -3.02. The molecule has 0 saturated carbocycles. The SMILES string of the molecule is Cc1cccc(CCCc2ccc(-c3ccc(CNCCCO[P+](=O)O)c4ncccc34)cc2F)c1. The van der Waals surface area contributed by atoms with Gasteiger partial charge in [-0.05, 0) is 79.1 Å². The zero-order valence-corrected chi connectivity index (χ0v) is 21.3. The monoisotopic (exact) mass is 505 g/mol. The summed E-state index contributed by atoms with van der Waals surface area (Å²) in [5.74, 6) is -0.175. The number of halogens is 1. The van der Waals surface area contributed by atoms with Crippen LogP contribution >= 0.6 is 8.25 Å². The Morgan fingerprint density at radius 2 is 1.86 bits per heavy atom. The van der Waals surface area contributed by atoms with Gasteiger partial charge < -0.3 is 5.32 Å². The third-order valence-corrected chi connectivity index (χ3v) is 6.63. The molecule has 0 radical (unpaired) electrons. The molecule has 0 aliphatic rings. The molecule has 1 heterocycles. The quantitative estimate of drug-likeness (QED) is 0.166. The number of fused-ring (bicyclic) bond motifs is 1. The highest BCUT2D eigenvalue weighted by Gasteiger charge is 2.12. The molecule has 5 nitrogen and oxygen atoms in total. The third kappa shape index (κ3) is 7.02. The minimum atomic E-state index is -2.55. The van der Waals surface area contributed by atoms with Gasteiger partial charge in [-0.25, -0.2) is 4.39 Å². The number of hydrogen-bond donors (Lipinski definition) is 2. The van der Waals surface area contributed by atoms with Gasteiger partial charge in [0.2, 0.25) is 0 Å². The standard InChI is InChI=1S/C29H30FN2O3P/c1-21-6-2-7-22(18-21)8-3-9-23-11-12-24(19-28(23)30)26-14-13-25(29-27(26)10-4-16-32-29)20-31-15-5-17-35-36(33)34/h2,4,6-7,10-14,16,18-19,31H,3,5,8-9,15,17,20H2,1H3/p+1. The molecule has 4 aromatic rings. The summed E-state index contributed by atoms with van der Waals surface area (Å²) in [6.45, 7) is 3.57. The lowest BCUT2D eigenvalue weighted by molar-refractivity contribution is 0.276. The number of nitrogens with one attached hydrogen (secondary N) is 1. The van der Waals surface area contributed by atoms with Crippen molar-refractivity contribution >= 4 is 19.2 Å². The summed E-state index contributed by atoms with van der Waals surface area (Å²) in [5.41, 5.74) is 6.98. The molecular weight excluding hydrogens is 474 g/mol. The van der Waals surface area contributed by atoms with Crippen molar-refractivity contribution in [1.29, 1.82) is 0 Å². The Balaban J connectivity index is 1.43. The highest BCUT2D eigenvalue weighted by atomic mass is 31.1. The summed E-state index contributed by atoms with van der Waals surface area (Å²) >= 11 is 0. The van der Waals surface area contributed by atoms with Gasteiger partial charge in [0.1, 0.15) is 12.4 Å². The molecular formula is C29H31FN2O3P+. The van der Waals surface area contributed by atoms with Gasteiger partial charge in [-0.2, -0.15) is 0 Å². The molecule has 0 spiro atoms. The number of hydrogen-bond acceptors (Lipinski definition) is 4. The average Bonchev–Trinajstić information content (AvgIpc) is 2.87. The Kier molecular flexibility index (Phi) is 9.26. The molecule has 0 aliphatic heterocycles. The number of aromatic nitrogens is 1. The Bertz CT molecular complexity index is 1350. The number of nitrogens with zero attached hydrogens (tertiary/aromatic N) is 1. The van der Waals surface area contributed by atoms with E-state index in [9.17, 15) is 4.57 Å². The van der Waals surface area contributed by atoms with E-state index in [4.69, 9.17) is 4.89 Å². The van der Waals surface area contributed by atoms with Crippen molar-refractivity contribution in [2.75, 3.05) is 13.2 Å². The fraction of sp³-hybridized carbons (Fsp3) is 0.276. The maximum Gasteiger partial charge on any atom is 0.694 e. The summed E-state index contributed by atoms with van der Waals surface area (Å²) in [7, 11) is -2.55. The molecule has 7 heteroatoms. The van der Waals surface area contributed by atoms with Crippen LogP contribution in [-0.4, -0.2) is 23.0 Å². The second kappa shape index (κ2) is 12.8. The molecule has 2 N–H and O–H groups in total. The van der Waals surface area contributed by atoms with E-state index in [1.807, 2.05) is 36.4 Å². The normalized spacial score (nSPS) is 11.7. The van der Waals surface area contributed by atoms with Gasteiger partial charge in [-0.15, -0.1) is 9.42 Å². The summed E-state index contributed by atoms with van der Waals surface area (Å²) in [6, 6.07) is 22.0. The first-order chi connectivity index (χ1) is 17.5. The van der Waals surface area contributed by atoms with E-state index in [0.29, 0.717) is 25.9 Å². The fourth-order valence-electron chi connectivity index (χ4n) is 4.46. The predicted molar refractivity (Wildman–Crippen MR) is 142 cm³/mol. The van der Waals surface area contributed by atoms with Crippen molar-refractivity contribution in [2.24, 2.45) is 0 Å². The van der Waals surface area contributed by atoms with E-state index in [2.05, 4.69) is 46.0 Å². The van der Waals surface area contributed by atoms with E-state index < -0.39 is 8.25 Å². The summed E-state index contributed by atoms with van der Waals surface area (Å²) in [4.78, 5) is 13.3. The highest BCUT2D eigenvalue weighted by Crippen LogP contribution is 2.31. The van der Waals surface area contributed by atoms with E-state index >= 15 is 4.39 Å². The topological polar surface area (TPSA) is 71.5 Å². The van der Waals surface area contributed by atoms with Crippen LogP contribution in [0.15, 0.2) is 72.9 Å². The summed E-state index contributed by atoms with van der Waals surface area (Å²) in [6.07, 6.45) is 4.93. The Morgan fingerprint density at radius 3 is 2.67 bits per heavy atom. The molecule has 36 heavy (non-hydrogen) atoms. The van der Waals surface area contributed by atoms with Crippen molar-refractivity contribution in [3.05, 3.63) is 101 Å². The molecule has 0 amide bonds. The second-order valence-corrected chi connectivity index (χ2v) is 9.66. The predicted octanol–water partition coefficient (Wildman–Crippen LogP) is 6.67. The van der Waals surface area contributed by atoms with Gasteiger partial charge in [-0.3, -0.25) is 4.98 Å². The van der Waals surface area contributed by atoms with E-state index in [0.717, 1.165) is 46.0 Å². The van der Waals surface area contributed by atoms with Crippen molar-refractivity contribution in [2.45, 2.75) is 39.2 Å². The third-order valence-electron chi connectivity index (χ3n) is 6.23. The maximum absolute atomic E-state index is 15.1. The first-order valence-electron chi connectivity index (χ1n) is 12.2. The van der Waals surface area contributed by atoms with Crippen LogP contribution < -0.4 is 5.32 Å². The van der Waals surface area contributed by atoms with Crippen molar-refractivity contribution in [3.8, 4) is 11.1 Å². The van der Waals surface area contributed by atoms with E-state index in [1.54, 1.807) is 12.3 Å². The minimum absolute atomic E-state index is 0.175. The van der Waals surface area contributed by atoms with Gasteiger partial charge in [-0.1, -0.05) is 60.2 Å². The second-order valence-electron chi connectivity index (χ2n) is 8.92. The van der Waals surface area contributed by atoms with Crippen LogP contribution in [0.5, 0.6) is 0 Å². The largest absolute Gasteiger partial charge is 0.694 e.